The lowest BCUT2D eigenvalue weighted by Gasteiger charge is -2.33. The number of aryl methyl sites for hydroxylation is 1. The molecule has 2 aromatic carbocycles. The van der Waals surface area contributed by atoms with E-state index >= 15 is 0 Å². The molecule has 0 aromatic heterocycles. The fourth-order valence-electron chi connectivity index (χ4n) is 3.05. The monoisotopic (exact) mass is 396 g/mol. The van der Waals surface area contributed by atoms with Crippen LogP contribution in [0.25, 0.3) is 0 Å². The molecule has 0 unspecified atom stereocenters. The van der Waals surface area contributed by atoms with Crippen molar-refractivity contribution in [2.24, 2.45) is 0 Å². The van der Waals surface area contributed by atoms with Crippen LogP contribution >= 0.6 is 0 Å². The van der Waals surface area contributed by atoms with Crippen LogP contribution in [0.3, 0.4) is 0 Å². The molecule has 2 aromatic rings. The van der Waals surface area contributed by atoms with Crippen LogP contribution in [0, 0.1) is 18.6 Å². The minimum atomic E-state index is -4.19. The summed E-state index contributed by atoms with van der Waals surface area (Å²) >= 11 is 0. The first-order chi connectivity index (χ1) is 12.9. The van der Waals surface area contributed by atoms with Crippen molar-refractivity contribution in [3.05, 3.63) is 59.7 Å². The molecule has 5 nitrogen and oxygen atoms in total. The summed E-state index contributed by atoms with van der Waals surface area (Å²) in [5.41, 5.74) is 1.12. The Hall–Kier alpha value is -2.03. The summed E-state index contributed by atoms with van der Waals surface area (Å²) in [5.74, 6) is -1.33. The van der Waals surface area contributed by atoms with Crippen molar-refractivity contribution in [3.8, 4) is 5.75 Å². The van der Waals surface area contributed by atoms with E-state index in [-0.39, 0.29) is 13.1 Å². The Morgan fingerprint density at radius 2 is 1.63 bits per heavy atom. The molecular formula is C19H22F2N2O3S. The van der Waals surface area contributed by atoms with Crippen molar-refractivity contribution in [3.63, 3.8) is 0 Å². The summed E-state index contributed by atoms with van der Waals surface area (Å²) in [6, 6.07) is 10.8. The van der Waals surface area contributed by atoms with Gasteiger partial charge in [-0.3, -0.25) is 4.90 Å². The second kappa shape index (κ2) is 8.33. The molecule has 1 fully saturated rings. The van der Waals surface area contributed by atoms with E-state index in [0.29, 0.717) is 26.2 Å². The summed E-state index contributed by atoms with van der Waals surface area (Å²) in [5, 5.41) is 0. The number of benzene rings is 2. The van der Waals surface area contributed by atoms with Gasteiger partial charge in [-0.25, -0.2) is 17.2 Å². The molecule has 3 rings (SSSR count). The van der Waals surface area contributed by atoms with Gasteiger partial charge in [0.05, 0.1) is 0 Å². The summed E-state index contributed by atoms with van der Waals surface area (Å²) in [4.78, 5) is 1.20. The molecule has 8 heteroatoms. The fourth-order valence-corrected chi connectivity index (χ4v) is 4.58. The molecule has 0 N–H and O–H groups in total. The maximum absolute atomic E-state index is 13.9. The lowest BCUT2D eigenvalue weighted by atomic mass is 10.2. The van der Waals surface area contributed by atoms with E-state index in [9.17, 15) is 17.2 Å². The standard InChI is InChI=1S/C19H22F2N2O3S/c1-15-4-2-5-16(14-15)26-13-12-22-8-10-23(11-9-22)27(24,25)19-17(20)6-3-7-18(19)21/h2-7,14H,8-13H2,1H3. The molecule has 146 valence electrons. The Bertz CT molecular complexity index is 877. The molecule has 0 spiro atoms. The summed E-state index contributed by atoms with van der Waals surface area (Å²) in [6.45, 7) is 4.44. The summed E-state index contributed by atoms with van der Waals surface area (Å²) < 4.78 is 59.7. The lowest BCUT2D eigenvalue weighted by Crippen LogP contribution is -2.49. The number of piperazine rings is 1. The number of nitrogens with zero attached hydrogens (tertiary/aromatic N) is 2. The molecule has 0 saturated carbocycles. The van der Waals surface area contributed by atoms with Gasteiger partial charge < -0.3 is 4.74 Å². The van der Waals surface area contributed by atoms with Gasteiger partial charge in [0.15, 0.2) is 4.90 Å². The van der Waals surface area contributed by atoms with E-state index < -0.39 is 26.6 Å². The molecule has 27 heavy (non-hydrogen) atoms. The van der Waals surface area contributed by atoms with E-state index in [4.69, 9.17) is 4.74 Å². The molecule has 1 heterocycles. The minimum Gasteiger partial charge on any atom is -0.492 e. The topological polar surface area (TPSA) is 49.9 Å². The largest absolute Gasteiger partial charge is 0.492 e. The predicted molar refractivity (Wildman–Crippen MR) is 98.2 cm³/mol. The Morgan fingerprint density at radius 3 is 2.26 bits per heavy atom. The third kappa shape index (κ3) is 4.63. The Balaban J connectivity index is 1.54. The van der Waals surface area contributed by atoms with Crippen LogP contribution < -0.4 is 4.74 Å². The average Bonchev–Trinajstić information content (AvgIpc) is 2.62. The zero-order valence-corrected chi connectivity index (χ0v) is 15.9. The molecule has 1 saturated heterocycles. The molecule has 0 amide bonds. The van der Waals surface area contributed by atoms with E-state index in [1.165, 1.54) is 0 Å². The summed E-state index contributed by atoms with van der Waals surface area (Å²) in [6.07, 6.45) is 0. The van der Waals surface area contributed by atoms with Crippen LogP contribution in [0.2, 0.25) is 0 Å². The van der Waals surface area contributed by atoms with Gasteiger partial charge in [-0.1, -0.05) is 18.2 Å². The average molecular weight is 396 g/mol. The maximum Gasteiger partial charge on any atom is 0.249 e. The van der Waals surface area contributed by atoms with E-state index in [0.717, 1.165) is 33.8 Å². The van der Waals surface area contributed by atoms with Crippen LogP contribution in [0.1, 0.15) is 5.56 Å². The first-order valence-electron chi connectivity index (χ1n) is 8.74. The lowest BCUT2D eigenvalue weighted by molar-refractivity contribution is 0.158. The normalized spacial score (nSPS) is 16.4. The highest BCUT2D eigenvalue weighted by atomic mass is 32.2. The van der Waals surface area contributed by atoms with Crippen LogP contribution in [-0.2, 0) is 10.0 Å². The number of rotatable bonds is 6. The second-order valence-electron chi connectivity index (χ2n) is 6.46. The molecule has 0 radical (unpaired) electrons. The van der Waals surface area contributed by atoms with Gasteiger partial charge in [-0.05, 0) is 36.8 Å². The predicted octanol–water partition coefficient (Wildman–Crippen LogP) is 2.66. The highest BCUT2D eigenvalue weighted by molar-refractivity contribution is 7.89. The molecule has 0 aliphatic carbocycles. The first-order valence-corrected chi connectivity index (χ1v) is 10.2. The molecule has 1 aliphatic heterocycles. The quantitative estimate of drug-likeness (QED) is 0.753. The zero-order chi connectivity index (χ0) is 19.4. The van der Waals surface area contributed by atoms with Gasteiger partial charge in [0.25, 0.3) is 0 Å². The van der Waals surface area contributed by atoms with E-state index in [2.05, 4.69) is 4.90 Å². The van der Waals surface area contributed by atoms with Crippen LogP contribution in [0.4, 0.5) is 8.78 Å². The third-order valence-corrected chi connectivity index (χ3v) is 6.46. The van der Waals surface area contributed by atoms with E-state index in [1.807, 2.05) is 31.2 Å². The van der Waals surface area contributed by atoms with Gasteiger partial charge in [0.1, 0.15) is 24.0 Å². The second-order valence-corrected chi connectivity index (χ2v) is 8.34. The highest BCUT2D eigenvalue weighted by Crippen LogP contribution is 2.23. The van der Waals surface area contributed by atoms with Gasteiger partial charge in [-0.15, -0.1) is 0 Å². The maximum atomic E-state index is 13.9. The Morgan fingerprint density at radius 1 is 1.00 bits per heavy atom. The van der Waals surface area contributed by atoms with Crippen LogP contribution in [0.15, 0.2) is 47.4 Å². The Kier molecular flexibility index (Phi) is 6.08. The number of sulfonamides is 1. The zero-order valence-electron chi connectivity index (χ0n) is 15.1. The van der Waals surface area contributed by atoms with Crippen molar-refractivity contribution < 1.29 is 21.9 Å². The van der Waals surface area contributed by atoms with Crippen molar-refractivity contribution in [1.29, 1.82) is 0 Å². The van der Waals surface area contributed by atoms with Gasteiger partial charge in [0.2, 0.25) is 10.0 Å². The molecule has 0 atom stereocenters. The van der Waals surface area contributed by atoms with Gasteiger partial charge in [0, 0.05) is 32.7 Å². The molecule has 1 aliphatic rings. The SMILES string of the molecule is Cc1cccc(OCCN2CCN(S(=O)(=O)c3c(F)cccc3F)CC2)c1. The van der Waals surface area contributed by atoms with Crippen LogP contribution in [0.5, 0.6) is 5.75 Å². The van der Waals surface area contributed by atoms with Gasteiger partial charge in [-0.2, -0.15) is 4.31 Å². The van der Waals surface area contributed by atoms with Crippen molar-refractivity contribution in [2.45, 2.75) is 11.8 Å². The molecular weight excluding hydrogens is 374 g/mol. The Labute approximate surface area is 158 Å². The van der Waals surface area contributed by atoms with Crippen molar-refractivity contribution >= 4 is 10.0 Å². The number of halogens is 2. The minimum absolute atomic E-state index is 0.181. The van der Waals surface area contributed by atoms with Gasteiger partial charge >= 0.3 is 0 Å². The third-order valence-electron chi connectivity index (χ3n) is 4.51. The number of hydrogen-bond donors (Lipinski definition) is 0. The smallest absolute Gasteiger partial charge is 0.249 e. The highest BCUT2D eigenvalue weighted by Gasteiger charge is 2.32. The first kappa shape index (κ1) is 19.7. The fraction of sp³-hybridized carbons (Fsp3) is 0.368. The molecule has 0 bridgehead atoms. The van der Waals surface area contributed by atoms with Crippen molar-refractivity contribution in [1.82, 2.24) is 9.21 Å². The number of ether oxygens (including phenoxy) is 1. The summed E-state index contributed by atoms with van der Waals surface area (Å²) in [7, 11) is -4.19. The number of hydrogen-bond acceptors (Lipinski definition) is 4. The van der Waals surface area contributed by atoms with Crippen LogP contribution in [-0.4, -0.2) is 57.0 Å². The van der Waals surface area contributed by atoms with Crippen molar-refractivity contribution in [2.75, 3.05) is 39.3 Å². The van der Waals surface area contributed by atoms with E-state index in [1.54, 1.807) is 0 Å².